The molecule has 114 valence electrons. The fourth-order valence-corrected chi connectivity index (χ4v) is 4.52. The van der Waals surface area contributed by atoms with Crippen LogP contribution in [0.3, 0.4) is 0 Å². The van der Waals surface area contributed by atoms with E-state index >= 15 is 0 Å². The van der Waals surface area contributed by atoms with Gasteiger partial charge in [0.1, 0.15) is 12.2 Å². The molecule has 0 aromatic rings. The minimum atomic E-state index is -0.281. The van der Waals surface area contributed by atoms with Crippen molar-refractivity contribution in [3.63, 3.8) is 0 Å². The van der Waals surface area contributed by atoms with Crippen molar-refractivity contribution in [2.45, 2.75) is 51.7 Å². The SMILES string of the molecule is C=C1CC[C@@H](OC(C)=O)[C@]2(C)CC[C@H]3C(=C)C(=O)O[C@@H]3[C@@H]12. The molecule has 4 heteroatoms. The van der Waals surface area contributed by atoms with Crippen molar-refractivity contribution in [3.05, 3.63) is 24.3 Å². The third-order valence-corrected chi connectivity index (χ3v) is 5.59. The Morgan fingerprint density at radius 1 is 1.38 bits per heavy atom. The molecule has 0 aromatic heterocycles. The van der Waals surface area contributed by atoms with Gasteiger partial charge in [-0.25, -0.2) is 4.79 Å². The maximum absolute atomic E-state index is 11.8. The lowest BCUT2D eigenvalue weighted by Crippen LogP contribution is -2.54. The summed E-state index contributed by atoms with van der Waals surface area (Å²) in [5, 5.41) is 0. The van der Waals surface area contributed by atoms with Crippen molar-refractivity contribution in [3.8, 4) is 0 Å². The molecule has 0 spiro atoms. The Labute approximate surface area is 125 Å². The van der Waals surface area contributed by atoms with Crippen molar-refractivity contribution >= 4 is 11.9 Å². The topological polar surface area (TPSA) is 52.6 Å². The van der Waals surface area contributed by atoms with E-state index in [9.17, 15) is 9.59 Å². The zero-order chi connectivity index (χ0) is 15.4. The van der Waals surface area contributed by atoms with Crippen molar-refractivity contribution < 1.29 is 19.1 Å². The number of ether oxygens (including phenoxy) is 2. The van der Waals surface area contributed by atoms with Gasteiger partial charge in [0.15, 0.2) is 0 Å². The Morgan fingerprint density at radius 3 is 2.76 bits per heavy atom. The molecule has 21 heavy (non-hydrogen) atoms. The summed E-state index contributed by atoms with van der Waals surface area (Å²) in [7, 11) is 0. The van der Waals surface area contributed by atoms with Crippen molar-refractivity contribution in [1.82, 2.24) is 0 Å². The first-order chi connectivity index (χ1) is 9.84. The van der Waals surface area contributed by atoms with Gasteiger partial charge in [-0.15, -0.1) is 0 Å². The molecule has 3 rings (SSSR count). The van der Waals surface area contributed by atoms with Crippen LogP contribution < -0.4 is 0 Å². The van der Waals surface area contributed by atoms with E-state index in [-0.39, 0.29) is 41.4 Å². The fraction of sp³-hybridized carbons (Fsp3) is 0.647. The minimum Gasteiger partial charge on any atom is -0.462 e. The molecule has 5 atom stereocenters. The highest BCUT2D eigenvalue weighted by Gasteiger charge is 2.59. The average molecular weight is 290 g/mol. The van der Waals surface area contributed by atoms with Gasteiger partial charge in [-0.2, -0.15) is 0 Å². The van der Waals surface area contributed by atoms with E-state index in [2.05, 4.69) is 20.1 Å². The molecule has 0 aromatic carbocycles. The third kappa shape index (κ3) is 2.03. The molecule has 3 fully saturated rings. The number of carbonyl (C=O) groups excluding carboxylic acids is 2. The molecule has 1 saturated heterocycles. The number of carbonyl (C=O) groups is 2. The van der Waals surface area contributed by atoms with Crippen molar-refractivity contribution in [2.24, 2.45) is 17.3 Å². The molecule has 3 aliphatic rings. The monoisotopic (exact) mass is 290 g/mol. The third-order valence-electron chi connectivity index (χ3n) is 5.59. The van der Waals surface area contributed by atoms with Crippen molar-refractivity contribution in [1.29, 1.82) is 0 Å². The Kier molecular flexibility index (Phi) is 3.23. The van der Waals surface area contributed by atoms with Crippen LogP contribution in [0.1, 0.15) is 39.5 Å². The highest BCUT2D eigenvalue weighted by Crippen LogP contribution is 2.57. The lowest BCUT2D eigenvalue weighted by atomic mass is 9.54. The van der Waals surface area contributed by atoms with Gasteiger partial charge in [0.05, 0.1) is 0 Å². The fourth-order valence-electron chi connectivity index (χ4n) is 4.52. The molecule has 2 aliphatic carbocycles. The van der Waals surface area contributed by atoms with Crippen LogP contribution in [0.2, 0.25) is 0 Å². The van der Waals surface area contributed by atoms with Crippen molar-refractivity contribution in [2.75, 3.05) is 0 Å². The minimum absolute atomic E-state index is 0.0533. The molecular formula is C17H22O4. The summed E-state index contributed by atoms with van der Waals surface area (Å²) < 4.78 is 11.2. The second-order valence-corrected chi connectivity index (χ2v) is 6.82. The predicted molar refractivity (Wildman–Crippen MR) is 77.3 cm³/mol. The molecule has 0 radical (unpaired) electrons. The van der Waals surface area contributed by atoms with E-state index in [1.54, 1.807) is 0 Å². The van der Waals surface area contributed by atoms with E-state index in [1.807, 2.05) is 0 Å². The molecule has 0 amide bonds. The van der Waals surface area contributed by atoms with Gasteiger partial charge in [-0.3, -0.25) is 4.79 Å². The van der Waals surface area contributed by atoms with Gasteiger partial charge < -0.3 is 9.47 Å². The molecule has 0 bridgehead atoms. The normalized spacial score (nSPS) is 42.1. The summed E-state index contributed by atoms with van der Waals surface area (Å²) in [6.45, 7) is 11.7. The standard InChI is InChI=1S/C17H22O4/c1-9-5-6-13(20-11(3)18)17(4)8-7-12-10(2)16(19)21-15(12)14(9)17/h12-15H,1-2,5-8H2,3-4H3/t12-,13+,14+,15-,17-/m0/s1. The van der Waals surface area contributed by atoms with Crippen LogP contribution in [0.5, 0.6) is 0 Å². The summed E-state index contributed by atoms with van der Waals surface area (Å²) in [4.78, 5) is 23.2. The number of rotatable bonds is 1. The van der Waals surface area contributed by atoms with E-state index < -0.39 is 0 Å². The molecule has 1 heterocycles. The maximum Gasteiger partial charge on any atom is 0.334 e. The second-order valence-electron chi connectivity index (χ2n) is 6.82. The van der Waals surface area contributed by atoms with Crippen LogP contribution in [0.4, 0.5) is 0 Å². The van der Waals surface area contributed by atoms with Crippen LogP contribution in [-0.4, -0.2) is 24.1 Å². The summed E-state index contributed by atoms with van der Waals surface area (Å²) in [5.41, 5.74) is 1.50. The second kappa shape index (κ2) is 4.72. The molecule has 0 N–H and O–H groups in total. The maximum atomic E-state index is 11.8. The Balaban J connectivity index is 1.95. The molecular weight excluding hydrogens is 268 g/mol. The number of hydrogen-bond acceptors (Lipinski definition) is 4. The highest BCUT2D eigenvalue weighted by atomic mass is 16.6. The zero-order valence-corrected chi connectivity index (χ0v) is 12.7. The molecule has 2 saturated carbocycles. The van der Waals surface area contributed by atoms with Crippen LogP contribution in [0, 0.1) is 17.3 Å². The lowest BCUT2D eigenvalue weighted by Gasteiger charge is -2.53. The molecule has 4 nitrogen and oxygen atoms in total. The lowest BCUT2D eigenvalue weighted by molar-refractivity contribution is -0.171. The quantitative estimate of drug-likeness (QED) is 0.423. The Bertz CT molecular complexity index is 535. The van der Waals surface area contributed by atoms with Crippen LogP contribution in [0.25, 0.3) is 0 Å². The van der Waals surface area contributed by atoms with Gasteiger partial charge in [0.25, 0.3) is 0 Å². The summed E-state index contributed by atoms with van der Waals surface area (Å²) >= 11 is 0. The highest BCUT2D eigenvalue weighted by molar-refractivity contribution is 5.91. The largest absolute Gasteiger partial charge is 0.462 e. The van der Waals surface area contributed by atoms with Crippen LogP contribution >= 0.6 is 0 Å². The van der Waals surface area contributed by atoms with Gasteiger partial charge >= 0.3 is 11.9 Å². The van der Waals surface area contributed by atoms with E-state index in [4.69, 9.17) is 9.47 Å². The number of esters is 2. The van der Waals surface area contributed by atoms with E-state index in [0.717, 1.165) is 31.3 Å². The molecule has 0 unspecified atom stereocenters. The average Bonchev–Trinajstić information content (AvgIpc) is 2.68. The summed E-state index contributed by atoms with van der Waals surface area (Å²) in [5.74, 6) is -0.389. The number of hydrogen-bond donors (Lipinski definition) is 0. The van der Waals surface area contributed by atoms with Crippen LogP contribution in [-0.2, 0) is 19.1 Å². The van der Waals surface area contributed by atoms with Crippen LogP contribution in [0.15, 0.2) is 24.3 Å². The summed E-state index contributed by atoms with van der Waals surface area (Å²) in [6, 6.07) is 0. The first-order valence-corrected chi connectivity index (χ1v) is 7.59. The number of fused-ring (bicyclic) bond motifs is 3. The van der Waals surface area contributed by atoms with Gasteiger partial charge in [-0.05, 0) is 25.7 Å². The first kappa shape index (κ1) is 14.4. The Morgan fingerprint density at radius 2 is 2.10 bits per heavy atom. The van der Waals surface area contributed by atoms with E-state index in [0.29, 0.717) is 5.57 Å². The van der Waals surface area contributed by atoms with Gasteiger partial charge in [0, 0.05) is 29.7 Å². The summed E-state index contributed by atoms with van der Waals surface area (Å²) in [6.07, 6.45) is 3.05. The zero-order valence-electron chi connectivity index (χ0n) is 12.7. The Hall–Kier alpha value is -1.58. The van der Waals surface area contributed by atoms with Gasteiger partial charge in [-0.1, -0.05) is 25.7 Å². The first-order valence-electron chi connectivity index (χ1n) is 7.59. The van der Waals surface area contributed by atoms with E-state index in [1.165, 1.54) is 6.92 Å². The van der Waals surface area contributed by atoms with Gasteiger partial charge in [0.2, 0.25) is 0 Å². The smallest absolute Gasteiger partial charge is 0.334 e. The molecule has 1 aliphatic heterocycles. The predicted octanol–water partition coefficient (Wildman–Crippen LogP) is 2.78.